The van der Waals surface area contributed by atoms with Crippen molar-refractivity contribution < 1.29 is 4.42 Å². The van der Waals surface area contributed by atoms with Crippen molar-refractivity contribution in [2.45, 2.75) is 39.2 Å². The lowest BCUT2D eigenvalue weighted by molar-refractivity contribution is 0.146. The molecular formula is C20H38IN5O. The first-order chi connectivity index (χ1) is 12.4. The van der Waals surface area contributed by atoms with Crippen molar-refractivity contribution in [1.29, 1.82) is 0 Å². The van der Waals surface area contributed by atoms with Crippen LogP contribution in [0.25, 0.3) is 0 Å². The Kier molecular flexibility index (Phi) is 10.7. The van der Waals surface area contributed by atoms with Crippen LogP contribution in [0.1, 0.15) is 44.9 Å². The van der Waals surface area contributed by atoms with Crippen LogP contribution in [0.5, 0.6) is 0 Å². The zero-order valence-corrected chi connectivity index (χ0v) is 20.0. The molecule has 27 heavy (non-hydrogen) atoms. The third kappa shape index (κ3) is 8.39. The molecule has 0 radical (unpaired) electrons. The number of aliphatic imine (C=N–C) groups is 1. The zero-order chi connectivity index (χ0) is 19.0. The summed E-state index contributed by atoms with van der Waals surface area (Å²) in [6.45, 7) is 9.50. The lowest BCUT2D eigenvalue weighted by atomic mass is 9.93. The van der Waals surface area contributed by atoms with Gasteiger partial charge in [0, 0.05) is 26.7 Å². The molecule has 0 saturated carbocycles. The molecule has 1 fully saturated rings. The lowest BCUT2D eigenvalue weighted by Crippen LogP contribution is -2.47. The van der Waals surface area contributed by atoms with E-state index in [9.17, 15) is 0 Å². The van der Waals surface area contributed by atoms with Crippen molar-refractivity contribution in [3.05, 3.63) is 24.2 Å². The summed E-state index contributed by atoms with van der Waals surface area (Å²) in [6, 6.07) is 4.30. The Morgan fingerprint density at radius 1 is 1.26 bits per heavy atom. The standard InChI is InChI=1S/C20H37N5O.HI/c1-20(2,16-24(4)5)15-23-19(21-3)22-14-17(18-10-9-13-26-18)25-11-7-6-8-12-25;/h9-10,13,17H,6-8,11-12,14-16H2,1-5H3,(H2,21,22,23);1H. The number of nitrogens with zero attached hydrogens (tertiary/aromatic N) is 3. The van der Waals surface area contributed by atoms with Gasteiger partial charge >= 0.3 is 0 Å². The van der Waals surface area contributed by atoms with E-state index in [-0.39, 0.29) is 35.4 Å². The molecule has 1 unspecified atom stereocenters. The van der Waals surface area contributed by atoms with Gasteiger partial charge in [-0.1, -0.05) is 20.3 Å². The second kappa shape index (κ2) is 11.9. The van der Waals surface area contributed by atoms with E-state index < -0.39 is 0 Å². The zero-order valence-electron chi connectivity index (χ0n) is 17.6. The fourth-order valence-electron chi connectivity index (χ4n) is 3.77. The Morgan fingerprint density at radius 2 is 1.96 bits per heavy atom. The number of hydrogen-bond donors (Lipinski definition) is 2. The molecule has 1 aliphatic rings. The van der Waals surface area contributed by atoms with Gasteiger partial charge in [-0.25, -0.2) is 0 Å². The van der Waals surface area contributed by atoms with E-state index in [2.05, 4.69) is 59.4 Å². The molecule has 1 aromatic heterocycles. The Morgan fingerprint density at radius 3 is 2.52 bits per heavy atom. The highest BCUT2D eigenvalue weighted by atomic mass is 127. The normalized spacial score (nSPS) is 17.5. The number of rotatable bonds is 8. The highest BCUT2D eigenvalue weighted by Crippen LogP contribution is 2.24. The molecular weight excluding hydrogens is 453 g/mol. The maximum Gasteiger partial charge on any atom is 0.191 e. The Labute approximate surface area is 182 Å². The van der Waals surface area contributed by atoms with Crippen LogP contribution in [0.15, 0.2) is 27.8 Å². The molecule has 156 valence electrons. The van der Waals surface area contributed by atoms with Gasteiger partial charge in [0.1, 0.15) is 5.76 Å². The Hall–Kier alpha value is -0.800. The van der Waals surface area contributed by atoms with Crippen molar-refractivity contribution in [1.82, 2.24) is 20.4 Å². The van der Waals surface area contributed by atoms with E-state index in [4.69, 9.17) is 4.42 Å². The van der Waals surface area contributed by atoms with Gasteiger partial charge in [0.15, 0.2) is 5.96 Å². The quantitative estimate of drug-likeness (QED) is 0.333. The highest BCUT2D eigenvalue weighted by molar-refractivity contribution is 14.0. The molecule has 1 atom stereocenters. The highest BCUT2D eigenvalue weighted by Gasteiger charge is 2.25. The summed E-state index contributed by atoms with van der Waals surface area (Å²) in [7, 11) is 6.06. The monoisotopic (exact) mass is 491 g/mol. The lowest BCUT2D eigenvalue weighted by Gasteiger charge is -2.34. The molecule has 2 heterocycles. The molecule has 1 saturated heterocycles. The second-order valence-electron chi connectivity index (χ2n) is 8.34. The molecule has 0 aliphatic carbocycles. The number of piperidine rings is 1. The van der Waals surface area contributed by atoms with Gasteiger partial charge in [0.2, 0.25) is 0 Å². The molecule has 0 spiro atoms. The first-order valence-electron chi connectivity index (χ1n) is 9.78. The van der Waals surface area contributed by atoms with E-state index in [1.54, 1.807) is 6.26 Å². The fraction of sp³-hybridized carbons (Fsp3) is 0.750. The number of halogens is 1. The summed E-state index contributed by atoms with van der Waals surface area (Å²) >= 11 is 0. The van der Waals surface area contributed by atoms with E-state index >= 15 is 0 Å². The van der Waals surface area contributed by atoms with Crippen LogP contribution in [0.4, 0.5) is 0 Å². The van der Waals surface area contributed by atoms with E-state index in [1.807, 2.05) is 13.1 Å². The Bertz CT molecular complexity index is 539. The van der Waals surface area contributed by atoms with Gasteiger partial charge in [-0.05, 0) is 57.6 Å². The summed E-state index contributed by atoms with van der Waals surface area (Å²) in [5, 5.41) is 6.99. The van der Waals surface area contributed by atoms with Gasteiger partial charge in [0.25, 0.3) is 0 Å². The molecule has 6 nitrogen and oxygen atoms in total. The predicted molar refractivity (Wildman–Crippen MR) is 124 cm³/mol. The molecule has 0 amide bonds. The van der Waals surface area contributed by atoms with Gasteiger partial charge in [-0.3, -0.25) is 9.89 Å². The average molecular weight is 491 g/mol. The minimum Gasteiger partial charge on any atom is -0.468 e. The van der Waals surface area contributed by atoms with Crippen molar-refractivity contribution in [2.75, 3.05) is 53.9 Å². The van der Waals surface area contributed by atoms with E-state index in [0.717, 1.165) is 44.4 Å². The largest absolute Gasteiger partial charge is 0.468 e. The number of hydrogen-bond acceptors (Lipinski definition) is 4. The first-order valence-corrected chi connectivity index (χ1v) is 9.78. The number of likely N-dealkylation sites (tertiary alicyclic amines) is 1. The maximum atomic E-state index is 5.73. The summed E-state index contributed by atoms with van der Waals surface area (Å²) in [4.78, 5) is 9.15. The summed E-state index contributed by atoms with van der Waals surface area (Å²) in [6.07, 6.45) is 5.63. The molecule has 2 N–H and O–H groups in total. The van der Waals surface area contributed by atoms with Crippen LogP contribution >= 0.6 is 24.0 Å². The summed E-state index contributed by atoms with van der Waals surface area (Å²) < 4.78 is 5.73. The molecule has 0 bridgehead atoms. The van der Waals surface area contributed by atoms with Crippen molar-refractivity contribution >= 4 is 29.9 Å². The summed E-state index contributed by atoms with van der Waals surface area (Å²) in [5.41, 5.74) is 0.175. The van der Waals surface area contributed by atoms with Crippen LogP contribution in [0.2, 0.25) is 0 Å². The van der Waals surface area contributed by atoms with Crippen LogP contribution in [-0.2, 0) is 0 Å². The smallest absolute Gasteiger partial charge is 0.191 e. The van der Waals surface area contributed by atoms with Gasteiger partial charge in [0.05, 0.1) is 12.3 Å². The molecule has 1 aliphatic heterocycles. The number of furan rings is 1. The summed E-state index contributed by atoms with van der Waals surface area (Å²) in [5.74, 6) is 1.88. The van der Waals surface area contributed by atoms with Crippen LogP contribution in [0.3, 0.4) is 0 Å². The van der Waals surface area contributed by atoms with E-state index in [0.29, 0.717) is 0 Å². The topological polar surface area (TPSA) is 56.0 Å². The van der Waals surface area contributed by atoms with Gasteiger partial charge in [-0.2, -0.15) is 0 Å². The molecule has 7 heteroatoms. The first kappa shape index (κ1) is 24.2. The van der Waals surface area contributed by atoms with Gasteiger partial charge < -0.3 is 20.0 Å². The van der Waals surface area contributed by atoms with Gasteiger partial charge in [-0.15, -0.1) is 24.0 Å². The minimum atomic E-state index is 0. The minimum absolute atomic E-state index is 0. The molecule has 2 rings (SSSR count). The average Bonchev–Trinajstić information content (AvgIpc) is 3.12. The fourth-order valence-corrected chi connectivity index (χ4v) is 3.77. The number of nitrogens with one attached hydrogen (secondary N) is 2. The van der Waals surface area contributed by atoms with E-state index in [1.165, 1.54) is 19.3 Å². The second-order valence-corrected chi connectivity index (χ2v) is 8.34. The van der Waals surface area contributed by atoms with Crippen LogP contribution in [0, 0.1) is 5.41 Å². The Balaban J connectivity index is 0.00000364. The van der Waals surface area contributed by atoms with Crippen molar-refractivity contribution in [3.63, 3.8) is 0 Å². The van der Waals surface area contributed by atoms with Crippen LogP contribution in [-0.4, -0.2) is 69.6 Å². The third-order valence-electron chi connectivity index (χ3n) is 4.87. The van der Waals surface area contributed by atoms with Crippen molar-refractivity contribution in [3.8, 4) is 0 Å². The van der Waals surface area contributed by atoms with Crippen LogP contribution < -0.4 is 10.6 Å². The SMILES string of the molecule is CN=C(NCC(c1ccco1)N1CCCCC1)NCC(C)(C)CN(C)C.I. The third-order valence-corrected chi connectivity index (χ3v) is 4.87. The number of guanidine groups is 1. The molecule has 0 aromatic carbocycles. The molecule has 1 aromatic rings. The van der Waals surface area contributed by atoms with Crippen molar-refractivity contribution in [2.24, 2.45) is 10.4 Å². The predicted octanol–water partition coefficient (Wildman–Crippen LogP) is 3.18. The maximum absolute atomic E-state index is 5.73.